The van der Waals surface area contributed by atoms with E-state index >= 15 is 0 Å². The van der Waals surface area contributed by atoms with Crippen LogP contribution in [0.4, 0.5) is 15.8 Å². The molecule has 1 N–H and O–H groups in total. The third kappa shape index (κ3) is 3.24. The molecule has 1 fully saturated rings. The smallest absolute Gasteiger partial charge is 0.263 e. The highest BCUT2D eigenvalue weighted by Crippen LogP contribution is 2.32. The largest absolute Gasteiger partial charge is 0.324 e. The summed E-state index contributed by atoms with van der Waals surface area (Å²) >= 11 is 0. The molecule has 2 atom stereocenters. The highest BCUT2D eigenvalue weighted by Gasteiger charge is 2.55. The predicted octanol–water partition coefficient (Wildman–Crippen LogP) is 2.37. The highest BCUT2D eigenvalue weighted by molar-refractivity contribution is 6.25. The van der Waals surface area contributed by atoms with Crippen molar-refractivity contribution in [2.75, 3.05) is 16.8 Å². The number of imide groups is 1. The Morgan fingerprint density at radius 3 is 2.38 bits per heavy atom. The molecule has 8 nitrogen and oxygen atoms in total. The fraction of sp³-hybridized carbons (Fsp3) is 0.250. The second kappa shape index (κ2) is 7.08. The Kier molecular flexibility index (Phi) is 4.57. The number of halogens is 1. The first kappa shape index (κ1) is 18.7. The Morgan fingerprint density at radius 1 is 1.07 bits per heavy atom. The zero-order valence-corrected chi connectivity index (χ0v) is 15.8. The van der Waals surface area contributed by atoms with Crippen molar-refractivity contribution in [1.29, 1.82) is 0 Å². The molecular formula is C20H18FN5O3. The Labute approximate surface area is 166 Å². The molecule has 0 bridgehead atoms. The molecule has 1 saturated heterocycles. The van der Waals surface area contributed by atoms with Gasteiger partial charge in [-0.2, -0.15) is 5.11 Å². The zero-order chi connectivity index (χ0) is 20.7. The van der Waals surface area contributed by atoms with E-state index in [0.29, 0.717) is 5.69 Å². The summed E-state index contributed by atoms with van der Waals surface area (Å²) in [5.74, 6) is -1.94. The fourth-order valence-electron chi connectivity index (χ4n) is 3.54. The number of nitrogens with one attached hydrogen (secondary N) is 1. The highest BCUT2D eigenvalue weighted by atomic mass is 19.1. The van der Waals surface area contributed by atoms with Gasteiger partial charge in [0, 0.05) is 5.69 Å². The lowest BCUT2D eigenvalue weighted by Gasteiger charge is -2.20. The maximum absolute atomic E-state index is 13.2. The molecule has 29 heavy (non-hydrogen) atoms. The first-order chi connectivity index (χ1) is 13.9. The number of anilines is 2. The Hall–Kier alpha value is -3.62. The summed E-state index contributed by atoms with van der Waals surface area (Å²) in [4.78, 5) is 39.0. The first-order valence-electron chi connectivity index (χ1n) is 9.03. The average Bonchev–Trinajstić information content (AvgIpc) is 3.19. The third-order valence-corrected chi connectivity index (χ3v) is 4.99. The Bertz CT molecular complexity index is 1020. The minimum atomic E-state index is -1.01. The van der Waals surface area contributed by atoms with Crippen LogP contribution in [0.3, 0.4) is 0 Å². The first-order valence-corrected chi connectivity index (χ1v) is 9.03. The van der Waals surface area contributed by atoms with Crippen LogP contribution < -0.4 is 10.2 Å². The lowest BCUT2D eigenvalue weighted by molar-refractivity contribution is -0.123. The summed E-state index contributed by atoms with van der Waals surface area (Å²) in [7, 11) is 0. The number of aryl methyl sites for hydroxylation is 2. The number of nitrogens with zero attached hydrogens (tertiary/aromatic N) is 4. The van der Waals surface area contributed by atoms with Crippen molar-refractivity contribution < 1.29 is 18.8 Å². The number of fused-ring (bicyclic) bond motifs is 1. The van der Waals surface area contributed by atoms with Gasteiger partial charge in [0.05, 0.1) is 5.69 Å². The Balaban J connectivity index is 1.50. The van der Waals surface area contributed by atoms with E-state index in [9.17, 15) is 18.8 Å². The van der Waals surface area contributed by atoms with Gasteiger partial charge in [0.25, 0.3) is 11.8 Å². The molecule has 0 saturated carbocycles. The van der Waals surface area contributed by atoms with Gasteiger partial charge in [0.2, 0.25) is 5.91 Å². The van der Waals surface area contributed by atoms with Crippen LogP contribution in [0.15, 0.2) is 52.8 Å². The van der Waals surface area contributed by atoms with Gasteiger partial charge in [-0.05, 0) is 49.2 Å². The molecule has 148 valence electrons. The van der Waals surface area contributed by atoms with Crippen LogP contribution in [-0.4, -0.2) is 41.4 Å². The van der Waals surface area contributed by atoms with Crippen molar-refractivity contribution in [3.63, 3.8) is 0 Å². The van der Waals surface area contributed by atoms with Crippen LogP contribution in [0.25, 0.3) is 0 Å². The number of hydrogen-bond donors (Lipinski definition) is 1. The summed E-state index contributed by atoms with van der Waals surface area (Å²) in [6, 6.07) is 8.69. The molecule has 0 unspecified atom stereocenters. The van der Waals surface area contributed by atoms with Crippen molar-refractivity contribution in [2.45, 2.75) is 25.9 Å². The molecule has 0 spiro atoms. The van der Waals surface area contributed by atoms with E-state index in [4.69, 9.17) is 0 Å². The van der Waals surface area contributed by atoms with E-state index in [-0.39, 0.29) is 18.1 Å². The predicted molar refractivity (Wildman–Crippen MR) is 103 cm³/mol. The van der Waals surface area contributed by atoms with Crippen LogP contribution >= 0.6 is 0 Å². The van der Waals surface area contributed by atoms with E-state index in [1.807, 2.05) is 32.0 Å². The zero-order valence-electron chi connectivity index (χ0n) is 15.8. The topological polar surface area (TPSA) is 94.4 Å². The maximum atomic E-state index is 13.2. The number of amides is 3. The second-order valence-electron chi connectivity index (χ2n) is 7.00. The van der Waals surface area contributed by atoms with Crippen molar-refractivity contribution in [2.24, 2.45) is 10.3 Å². The molecule has 3 amide bonds. The van der Waals surface area contributed by atoms with Crippen LogP contribution in [-0.2, 0) is 14.4 Å². The number of carbonyl (C=O) groups is 3. The third-order valence-electron chi connectivity index (χ3n) is 4.99. The Morgan fingerprint density at radius 2 is 1.72 bits per heavy atom. The summed E-state index contributed by atoms with van der Waals surface area (Å²) < 4.78 is 13.2. The van der Waals surface area contributed by atoms with Crippen LogP contribution in [0.5, 0.6) is 0 Å². The number of hydrogen-bond acceptors (Lipinski definition) is 6. The van der Waals surface area contributed by atoms with Crippen LogP contribution in [0.2, 0.25) is 0 Å². The molecule has 4 rings (SSSR count). The van der Waals surface area contributed by atoms with Crippen molar-refractivity contribution in [3.8, 4) is 0 Å². The SMILES string of the molecule is Cc1cccc(C)c1NC(=O)CN1N=N[C@@H]2C(=O)N(c3ccc(F)cc3)C(=O)[C@@H]21. The number of rotatable bonds is 4. The van der Waals surface area contributed by atoms with Gasteiger partial charge in [-0.15, -0.1) is 0 Å². The van der Waals surface area contributed by atoms with Crippen LogP contribution in [0.1, 0.15) is 11.1 Å². The van der Waals surface area contributed by atoms with E-state index in [1.54, 1.807) is 0 Å². The lowest BCUT2D eigenvalue weighted by Crippen LogP contribution is -2.43. The summed E-state index contributed by atoms with van der Waals surface area (Å²) in [5.41, 5.74) is 2.78. The maximum Gasteiger partial charge on any atom is 0.263 e. The molecule has 2 aliphatic heterocycles. The van der Waals surface area contributed by atoms with Gasteiger partial charge in [-0.1, -0.05) is 23.4 Å². The summed E-state index contributed by atoms with van der Waals surface area (Å²) in [6.45, 7) is 3.54. The minimum absolute atomic E-state index is 0.227. The minimum Gasteiger partial charge on any atom is -0.324 e. The van der Waals surface area contributed by atoms with E-state index in [1.165, 1.54) is 29.3 Å². The van der Waals surface area contributed by atoms with E-state index < -0.39 is 29.7 Å². The average molecular weight is 395 g/mol. The quantitative estimate of drug-likeness (QED) is 0.804. The number of carbonyl (C=O) groups excluding carboxylic acids is 3. The molecule has 0 aromatic heterocycles. The molecule has 2 aromatic carbocycles. The second-order valence-corrected chi connectivity index (χ2v) is 7.00. The molecule has 0 aliphatic carbocycles. The van der Waals surface area contributed by atoms with Crippen LogP contribution in [0, 0.1) is 19.7 Å². The fourth-order valence-corrected chi connectivity index (χ4v) is 3.54. The van der Waals surface area contributed by atoms with E-state index in [2.05, 4.69) is 15.7 Å². The van der Waals surface area contributed by atoms with Crippen molar-refractivity contribution in [1.82, 2.24) is 5.01 Å². The standard InChI is InChI=1S/C20H18FN5O3/c1-11-4-3-5-12(2)16(11)22-15(27)10-25-18-17(23-24-25)19(28)26(20(18)29)14-8-6-13(21)7-9-14/h3-9,17-18H,10H2,1-2H3,(H,22,27)/t17-,18+/m0/s1. The van der Waals surface area contributed by atoms with Gasteiger partial charge in [0.15, 0.2) is 12.1 Å². The number of benzene rings is 2. The lowest BCUT2D eigenvalue weighted by atomic mass is 10.1. The summed E-state index contributed by atoms with van der Waals surface area (Å²) in [6.07, 6.45) is 0. The van der Waals surface area contributed by atoms with E-state index in [0.717, 1.165) is 16.0 Å². The van der Waals surface area contributed by atoms with Gasteiger partial charge < -0.3 is 5.32 Å². The molecule has 0 radical (unpaired) electrons. The molecule has 2 aliphatic rings. The van der Waals surface area contributed by atoms with Gasteiger partial charge in [-0.25, -0.2) is 9.29 Å². The number of para-hydroxylation sites is 1. The van der Waals surface area contributed by atoms with Gasteiger partial charge >= 0.3 is 0 Å². The summed E-state index contributed by atoms with van der Waals surface area (Å²) in [5, 5.41) is 11.8. The van der Waals surface area contributed by atoms with Crippen molar-refractivity contribution in [3.05, 3.63) is 59.4 Å². The normalized spacial score (nSPS) is 20.4. The molecule has 2 aromatic rings. The van der Waals surface area contributed by atoms with Gasteiger partial charge in [-0.3, -0.25) is 19.4 Å². The molecular weight excluding hydrogens is 377 g/mol. The van der Waals surface area contributed by atoms with Crippen molar-refractivity contribution >= 4 is 29.1 Å². The monoisotopic (exact) mass is 395 g/mol. The molecule has 9 heteroatoms. The van der Waals surface area contributed by atoms with Gasteiger partial charge in [0.1, 0.15) is 12.4 Å². The molecule has 2 heterocycles.